The van der Waals surface area contributed by atoms with Crippen LogP contribution in [0.2, 0.25) is 0 Å². The molecular weight excluding hydrogens is 312 g/mol. The van der Waals surface area contributed by atoms with Crippen molar-refractivity contribution in [2.45, 2.75) is 38.8 Å². The van der Waals surface area contributed by atoms with E-state index in [2.05, 4.69) is 46.1 Å². The van der Waals surface area contributed by atoms with E-state index in [0.29, 0.717) is 13.0 Å². The van der Waals surface area contributed by atoms with E-state index in [-0.39, 0.29) is 5.91 Å². The highest BCUT2D eigenvalue weighted by Gasteiger charge is 2.19. The van der Waals surface area contributed by atoms with Crippen LogP contribution in [0, 0.1) is 0 Å². The Labute approximate surface area is 151 Å². The predicted octanol–water partition coefficient (Wildman–Crippen LogP) is 2.78. The Bertz CT molecular complexity index is 611. The minimum atomic E-state index is 0.269. The summed E-state index contributed by atoms with van der Waals surface area (Å²) >= 11 is 0. The lowest BCUT2D eigenvalue weighted by Crippen LogP contribution is -2.39. The smallest absolute Gasteiger partial charge is 0.222 e. The molecule has 1 aromatic rings. The van der Waals surface area contributed by atoms with Crippen LogP contribution < -0.4 is 5.32 Å². The summed E-state index contributed by atoms with van der Waals surface area (Å²) in [6.45, 7) is 7.02. The maximum atomic E-state index is 11.8. The number of rotatable bonds is 8. The molecule has 25 heavy (non-hydrogen) atoms. The van der Waals surface area contributed by atoms with Crippen molar-refractivity contribution in [3.63, 3.8) is 0 Å². The molecule has 5 nitrogen and oxygen atoms in total. The molecule has 1 heterocycles. The van der Waals surface area contributed by atoms with Gasteiger partial charge in [-0.05, 0) is 30.4 Å². The summed E-state index contributed by atoms with van der Waals surface area (Å²) in [6, 6.07) is 8.42. The van der Waals surface area contributed by atoms with Gasteiger partial charge in [0.1, 0.15) is 0 Å². The summed E-state index contributed by atoms with van der Waals surface area (Å²) in [5.41, 5.74) is 2.38. The van der Waals surface area contributed by atoms with Crippen LogP contribution in [0.4, 0.5) is 0 Å². The van der Waals surface area contributed by atoms with Gasteiger partial charge in [0.2, 0.25) is 5.91 Å². The molecule has 1 N–H and O–H groups in total. The van der Waals surface area contributed by atoms with E-state index in [0.717, 1.165) is 44.9 Å². The molecule has 0 aliphatic carbocycles. The lowest BCUT2D eigenvalue weighted by Gasteiger charge is -2.22. The van der Waals surface area contributed by atoms with Crippen LogP contribution >= 0.6 is 0 Å². The Morgan fingerprint density at radius 3 is 2.92 bits per heavy atom. The molecule has 0 atom stereocenters. The van der Waals surface area contributed by atoms with Crippen LogP contribution in [0.5, 0.6) is 0 Å². The van der Waals surface area contributed by atoms with Gasteiger partial charge in [-0.25, -0.2) is 0 Å². The van der Waals surface area contributed by atoms with E-state index in [9.17, 15) is 4.79 Å². The monoisotopic (exact) mass is 342 g/mol. The fraction of sp³-hybridized carbons (Fsp3) is 0.500. The summed E-state index contributed by atoms with van der Waals surface area (Å²) in [5, 5.41) is 3.41. The summed E-state index contributed by atoms with van der Waals surface area (Å²) in [4.78, 5) is 20.2. The number of aliphatic imine (C=N–C) groups is 1. The van der Waals surface area contributed by atoms with E-state index in [4.69, 9.17) is 0 Å². The van der Waals surface area contributed by atoms with E-state index in [1.807, 2.05) is 25.1 Å². The fourth-order valence-electron chi connectivity index (χ4n) is 3.07. The number of allylic oxidation sites excluding steroid dienone is 1. The average Bonchev–Trinajstić information content (AvgIpc) is 3.01. The second-order valence-corrected chi connectivity index (χ2v) is 6.49. The topological polar surface area (TPSA) is 47.9 Å². The molecule has 0 radical (unpaired) electrons. The number of hydrogen-bond donors (Lipinski definition) is 1. The number of nitrogens with zero attached hydrogens (tertiary/aromatic N) is 3. The Morgan fingerprint density at radius 2 is 2.24 bits per heavy atom. The van der Waals surface area contributed by atoms with Crippen LogP contribution in [0.25, 0.3) is 0 Å². The lowest BCUT2D eigenvalue weighted by molar-refractivity contribution is -0.128. The average molecular weight is 342 g/mol. The van der Waals surface area contributed by atoms with Gasteiger partial charge in [0.25, 0.3) is 0 Å². The molecule has 0 aromatic heterocycles. The molecule has 1 saturated heterocycles. The van der Waals surface area contributed by atoms with Gasteiger partial charge in [-0.15, -0.1) is 6.58 Å². The normalized spacial score (nSPS) is 14.7. The lowest BCUT2D eigenvalue weighted by atomic mass is 10.1. The summed E-state index contributed by atoms with van der Waals surface area (Å²) in [7, 11) is 3.86. The minimum absolute atomic E-state index is 0.269. The Balaban J connectivity index is 1.88. The first-order valence-corrected chi connectivity index (χ1v) is 9.02. The fourth-order valence-corrected chi connectivity index (χ4v) is 3.07. The highest BCUT2D eigenvalue weighted by molar-refractivity contribution is 5.79. The quantitative estimate of drug-likeness (QED) is 0.342. The number of carbonyl (C=O) groups is 1. The third-order valence-electron chi connectivity index (χ3n) is 4.46. The molecule has 136 valence electrons. The van der Waals surface area contributed by atoms with Crippen molar-refractivity contribution in [1.29, 1.82) is 0 Å². The van der Waals surface area contributed by atoms with Crippen molar-refractivity contribution in [3.05, 3.63) is 48.0 Å². The standard InChI is InChI=1S/C20H30N4O/c1-4-5-6-12-23(3)20(21-2)22-15-17-9-7-10-18(14-17)16-24-13-8-11-19(24)25/h4,7,9-10,14H,1,5-6,8,11-13,15-16H2,2-3H3,(H,21,22). The van der Waals surface area contributed by atoms with Crippen molar-refractivity contribution in [2.24, 2.45) is 4.99 Å². The van der Waals surface area contributed by atoms with Crippen molar-refractivity contribution < 1.29 is 4.79 Å². The van der Waals surface area contributed by atoms with Crippen molar-refractivity contribution in [2.75, 3.05) is 27.2 Å². The molecule has 5 heteroatoms. The minimum Gasteiger partial charge on any atom is -0.352 e. The first-order valence-electron chi connectivity index (χ1n) is 9.02. The number of likely N-dealkylation sites (tertiary alicyclic amines) is 1. The first-order chi connectivity index (χ1) is 12.1. The van der Waals surface area contributed by atoms with Gasteiger partial charge in [-0.2, -0.15) is 0 Å². The molecule has 1 amide bonds. The number of benzene rings is 1. The predicted molar refractivity (Wildman–Crippen MR) is 103 cm³/mol. The van der Waals surface area contributed by atoms with Gasteiger partial charge in [0.05, 0.1) is 0 Å². The number of hydrogen-bond acceptors (Lipinski definition) is 2. The maximum Gasteiger partial charge on any atom is 0.222 e. The zero-order valence-corrected chi connectivity index (χ0v) is 15.5. The molecule has 0 unspecified atom stereocenters. The summed E-state index contributed by atoms with van der Waals surface area (Å²) in [6.07, 6.45) is 5.70. The number of carbonyl (C=O) groups excluding carboxylic acids is 1. The van der Waals surface area contributed by atoms with Crippen LogP contribution in [0.3, 0.4) is 0 Å². The first kappa shape index (κ1) is 19.0. The number of amides is 1. The molecule has 0 spiro atoms. The summed E-state index contributed by atoms with van der Waals surface area (Å²) in [5.74, 6) is 1.16. The molecule has 0 saturated carbocycles. The van der Waals surface area contributed by atoms with E-state index < -0.39 is 0 Å². The third-order valence-corrected chi connectivity index (χ3v) is 4.46. The van der Waals surface area contributed by atoms with Crippen LogP contribution in [0.15, 0.2) is 41.9 Å². The third kappa shape index (κ3) is 5.93. The van der Waals surface area contributed by atoms with E-state index in [1.54, 1.807) is 0 Å². The highest BCUT2D eigenvalue weighted by atomic mass is 16.2. The Kier molecular flexibility index (Phi) is 7.51. The molecule has 1 aliphatic heterocycles. The second-order valence-electron chi connectivity index (χ2n) is 6.49. The second kappa shape index (κ2) is 9.87. The molecule has 2 rings (SSSR count). The van der Waals surface area contributed by atoms with Gasteiger partial charge in [0, 0.05) is 46.7 Å². The zero-order valence-electron chi connectivity index (χ0n) is 15.5. The molecule has 1 aromatic carbocycles. The highest BCUT2D eigenvalue weighted by Crippen LogP contribution is 2.15. The number of unbranched alkanes of at least 4 members (excludes halogenated alkanes) is 1. The van der Waals surface area contributed by atoms with Gasteiger partial charge < -0.3 is 15.1 Å². The van der Waals surface area contributed by atoms with E-state index >= 15 is 0 Å². The van der Waals surface area contributed by atoms with Crippen molar-refractivity contribution in [3.8, 4) is 0 Å². The van der Waals surface area contributed by atoms with Gasteiger partial charge in [-0.3, -0.25) is 9.79 Å². The maximum absolute atomic E-state index is 11.8. The van der Waals surface area contributed by atoms with Crippen LogP contribution in [-0.4, -0.2) is 48.9 Å². The van der Waals surface area contributed by atoms with Crippen molar-refractivity contribution >= 4 is 11.9 Å². The summed E-state index contributed by atoms with van der Waals surface area (Å²) < 4.78 is 0. The Hall–Kier alpha value is -2.30. The van der Waals surface area contributed by atoms with Crippen LogP contribution in [0.1, 0.15) is 36.8 Å². The largest absolute Gasteiger partial charge is 0.352 e. The molecule has 1 aliphatic rings. The van der Waals surface area contributed by atoms with E-state index in [1.165, 1.54) is 11.1 Å². The molecule has 0 bridgehead atoms. The van der Waals surface area contributed by atoms with Gasteiger partial charge in [0.15, 0.2) is 5.96 Å². The van der Waals surface area contributed by atoms with Crippen LogP contribution in [-0.2, 0) is 17.9 Å². The van der Waals surface area contributed by atoms with Gasteiger partial charge in [-0.1, -0.05) is 30.3 Å². The number of nitrogens with one attached hydrogen (secondary N) is 1. The molecular formula is C20H30N4O. The van der Waals surface area contributed by atoms with Gasteiger partial charge >= 0.3 is 0 Å². The SMILES string of the molecule is C=CCCCN(C)C(=NC)NCc1cccc(CN2CCCC2=O)c1. The number of guanidine groups is 1. The Morgan fingerprint density at radius 1 is 1.44 bits per heavy atom. The molecule has 1 fully saturated rings. The van der Waals surface area contributed by atoms with Crippen molar-refractivity contribution in [1.82, 2.24) is 15.1 Å². The zero-order chi connectivity index (χ0) is 18.1.